The summed E-state index contributed by atoms with van der Waals surface area (Å²) in [6, 6.07) is 6.59. The number of non-ortho nitro benzene ring substituents is 1. The minimum Gasteiger partial charge on any atom is -0.465 e. The van der Waals surface area contributed by atoms with Crippen LogP contribution in [-0.4, -0.2) is 33.6 Å². The summed E-state index contributed by atoms with van der Waals surface area (Å²) in [4.78, 5) is 23.5. The third-order valence-electron chi connectivity index (χ3n) is 4.40. The van der Waals surface area contributed by atoms with Crippen LogP contribution in [0.5, 0.6) is 0 Å². The molecule has 0 aromatic heterocycles. The highest BCUT2D eigenvalue weighted by Gasteiger charge is 2.39. The van der Waals surface area contributed by atoms with Gasteiger partial charge in [0.1, 0.15) is 0 Å². The average molecular weight is 306 g/mol. The summed E-state index contributed by atoms with van der Waals surface area (Å²) in [7, 11) is 0. The van der Waals surface area contributed by atoms with Crippen molar-refractivity contribution < 1.29 is 14.8 Å². The van der Waals surface area contributed by atoms with E-state index in [1.807, 2.05) is 26.8 Å². The number of benzene rings is 1. The Morgan fingerprint density at radius 1 is 1.41 bits per heavy atom. The number of carbonyl (C=O) groups is 1. The lowest BCUT2D eigenvalue weighted by atomic mass is 9.75. The lowest BCUT2D eigenvalue weighted by molar-refractivity contribution is -0.384. The van der Waals surface area contributed by atoms with E-state index < -0.39 is 11.0 Å². The van der Waals surface area contributed by atoms with Crippen molar-refractivity contribution >= 4 is 11.8 Å². The predicted octanol–water partition coefficient (Wildman–Crippen LogP) is 3.87. The van der Waals surface area contributed by atoms with Crippen LogP contribution in [0.1, 0.15) is 45.1 Å². The molecule has 1 fully saturated rings. The van der Waals surface area contributed by atoms with Gasteiger partial charge in [0, 0.05) is 24.7 Å². The van der Waals surface area contributed by atoms with Gasteiger partial charge in [-0.2, -0.15) is 0 Å². The van der Waals surface area contributed by atoms with Gasteiger partial charge in [0.2, 0.25) is 0 Å². The number of carboxylic acid groups (broad SMARTS) is 1. The molecule has 22 heavy (non-hydrogen) atoms. The van der Waals surface area contributed by atoms with Gasteiger partial charge in [-0.25, -0.2) is 4.79 Å². The molecule has 0 radical (unpaired) electrons. The maximum atomic E-state index is 11.4. The fraction of sp³-hybridized carbons (Fsp3) is 0.562. The maximum absolute atomic E-state index is 11.4. The fourth-order valence-corrected chi connectivity index (χ4v) is 3.21. The zero-order chi connectivity index (χ0) is 16.5. The van der Waals surface area contributed by atoms with Gasteiger partial charge in [-0.15, -0.1) is 0 Å². The molecule has 120 valence electrons. The van der Waals surface area contributed by atoms with Crippen molar-refractivity contribution in [1.82, 2.24) is 4.90 Å². The van der Waals surface area contributed by atoms with E-state index in [1.165, 1.54) is 11.0 Å². The summed E-state index contributed by atoms with van der Waals surface area (Å²) < 4.78 is 0. The minimum absolute atomic E-state index is 0.0884. The lowest BCUT2D eigenvalue weighted by Gasteiger charge is -2.44. The van der Waals surface area contributed by atoms with E-state index in [1.54, 1.807) is 12.1 Å². The molecule has 0 bridgehead atoms. The second-order valence-electron chi connectivity index (χ2n) is 6.93. The molecule has 2 atom stereocenters. The molecule has 6 nitrogen and oxygen atoms in total. The van der Waals surface area contributed by atoms with E-state index in [4.69, 9.17) is 0 Å². The number of hydrogen-bond acceptors (Lipinski definition) is 3. The average Bonchev–Trinajstić information content (AvgIpc) is 2.45. The Balaban J connectivity index is 2.26. The summed E-state index contributed by atoms with van der Waals surface area (Å²) >= 11 is 0. The number of nitrogens with zero attached hydrogens (tertiary/aromatic N) is 2. The van der Waals surface area contributed by atoms with Crippen LogP contribution in [0, 0.1) is 15.5 Å². The first-order valence-corrected chi connectivity index (χ1v) is 7.44. The first-order chi connectivity index (χ1) is 10.2. The smallest absolute Gasteiger partial charge is 0.407 e. The second-order valence-corrected chi connectivity index (χ2v) is 6.93. The molecule has 1 aliphatic rings. The highest BCUT2D eigenvalue weighted by Crippen LogP contribution is 2.39. The first-order valence-electron chi connectivity index (χ1n) is 7.44. The van der Waals surface area contributed by atoms with Crippen molar-refractivity contribution in [3.63, 3.8) is 0 Å². The second kappa shape index (κ2) is 5.94. The van der Waals surface area contributed by atoms with Crippen LogP contribution < -0.4 is 0 Å². The summed E-state index contributed by atoms with van der Waals surface area (Å²) in [5.74, 6) is 0.153. The predicted molar refractivity (Wildman–Crippen MR) is 83.0 cm³/mol. The fourth-order valence-electron chi connectivity index (χ4n) is 3.21. The Bertz CT molecular complexity index is 580. The third-order valence-corrected chi connectivity index (χ3v) is 4.40. The van der Waals surface area contributed by atoms with E-state index in [2.05, 4.69) is 0 Å². The van der Waals surface area contributed by atoms with Crippen LogP contribution in [0.4, 0.5) is 10.5 Å². The maximum Gasteiger partial charge on any atom is 0.407 e. The van der Waals surface area contributed by atoms with Gasteiger partial charge in [0.15, 0.2) is 0 Å². The topological polar surface area (TPSA) is 83.7 Å². The van der Waals surface area contributed by atoms with Crippen LogP contribution in [0.2, 0.25) is 0 Å². The summed E-state index contributed by atoms with van der Waals surface area (Å²) in [6.07, 6.45) is 0.495. The Hall–Kier alpha value is -2.11. The quantitative estimate of drug-likeness (QED) is 0.664. The molecule has 2 rings (SSSR count). The SMILES string of the molecule is CC(C)(C)C1CC(c2cccc([N+](=O)[O-])c2)CCN1C(=O)O. The molecule has 1 aliphatic heterocycles. The van der Waals surface area contributed by atoms with Gasteiger partial charge in [-0.3, -0.25) is 10.1 Å². The molecule has 1 aromatic carbocycles. The first kappa shape index (κ1) is 16.3. The van der Waals surface area contributed by atoms with Gasteiger partial charge in [-0.1, -0.05) is 32.9 Å². The summed E-state index contributed by atoms with van der Waals surface area (Å²) in [5.41, 5.74) is 0.844. The van der Waals surface area contributed by atoms with Gasteiger partial charge in [-0.05, 0) is 29.7 Å². The van der Waals surface area contributed by atoms with Crippen molar-refractivity contribution in [2.75, 3.05) is 6.54 Å². The monoisotopic (exact) mass is 306 g/mol. The molecule has 0 spiro atoms. The number of nitro groups is 1. The number of likely N-dealkylation sites (tertiary alicyclic amines) is 1. The van der Waals surface area contributed by atoms with E-state index >= 15 is 0 Å². The largest absolute Gasteiger partial charge is 0.465 e. The molecule has 0 aliphatic carbocycles. The number of amides is 1. The molecular weight excluding hydrogens is 284 g/mol. The Kier molecular flexibility index (Phi) is 4.39. The third kappa shape index (κ3) is 3.37. The van der Waals surface area contributed by atoms with E-state index in [0.717, 1.165) is 5.56 Å². The van der Waals surface area contributed by atoms with Crippen LogP contribution in [0.3, 0.4) is 0 Å². The number of piperidine rings is 1. The van der Waals surface area contributed by atoms with Gasteiger partial charge >= 0.3 is 6.09 Å². The van der Waals surface area contributed by atoms with Crippen molar-refractivity contribution in [3.05, 3.63) is 39.9 Å². The number of hydrogen-bond donors (Lipinski definition) is 1. The molecule has 6 heteroatoms. The Labute approximate surface area is 129 Å². The molecule has 0 saturated carbocycles. The van der Waals surface area contributed by atoms with Gasteiger partial charge in [0.05, 0.1) is 4.92 Å². The van der Waals surface area contributed by atoms with Gasteiger partial charge < -0.3 is 10.0 Å². The van der Waals surface area contributed by atoms with Crippen LogP contribution >= 0.6 is 0 Å². The zero-order valence-corrected chi connectivity index (χ0v) is 13.2. The molecule has 1 amide bonds. The Morgan fingerprint density at radius 2 is 2.09 bits per heavy atom. The standard InChI is InChI=1S/C16H22N2O4/c1-16(2,3)14-10-12(7-8-17(14)15(19)20)11-5-4-6-13(9-11)18(21)22/h4-6,9,12,14H,7-8,10H2,1-3H3,(H,19,20). The lowest BCUT2D eigenvalue weighted by Crippen LogP contribution is -2.51. The zero-order valence-electron chi connectivity index (χ0n) is 13.2. The highest BCUT2D eigenvalue weighted by molar-refractivity contribution is 5.65. The molecule has 2 unspecified atom stereocenters. The van der Waals surface area contributed by atoms with Crippen LogP contribution in [0.15, 0.2) is 24.3 Å². The van der Waals surface area contributed by atoms with E-state index in [9.17, 15) is 20.0 Å². The minimum atomic E-state index is -0.891. The van der Waals surface area contributed by atoms with Crippen LogP contribution in [0.25, 0.3) is 0 Å². The summed E-state index contributed by atoms with van der Waals surface area (Å²) in [6.45, 7) is 6.56. The van der Waals surface area contributed by atoms with Crippen LogP contribution in [-0.2, 0) is 0 Å². The molecule has 1 heterocycles. The van der Waals surface area contributed by atoms with Crippen molar-refractivity contribution in [2.24, 2.45) is 5.41 Å². The molecule has 1 saturated heterocycles. The molecule has 1 N–H and O–H groups in total. The van der Waals surface area contributed by atoms with Crippen molar-refractivity contribution in [2.45, 2.75) is 45.6 Å². The van der Waals surface area contributed by atoms with Crippen molar-refractivity contribution in [1.29, 1.82) is 0 Å². The van der Waals surface area contributed by atoms with Gasteiger partial charge in [0.25, 0.3) is 5.69 Å². The summed E-state index contributed by atoms with van der Waals surface area (Å²) in [5, 5.41) is 20.3. The number of rotatable bonds is 2. The van der Waals surface area contributed by atoms with E-state index in [-0.39, 0.29) is 23.1 Å². The van der Waals surface area contributed by atoms with E-state index in [0.29, 0.717) is 19.4 Å². The Morgan fingerprint density at radius 3 is 2.64 bits per heavy atom. The normalized spacial score (nSPS) is 22.4. The van der Waals surface area contributed by atoms with Crippen molar-refractivity contribution in [3.8, 4) is 0 Å². The number of nitro benzene ring substituents is 1. The highest BCUT2D eigenvalue weighted by atomic mass is 16.6. The molecular formula is C16H22N2O4. The molecule has 1 aromatic rings.